The molecular weight excluding hydrogens is 234 g/mol. The minimum Gasteiger partial charge on any atom is -0.508 e. The zero-order chi connectivity index (χ0) is 13.5. The molecule has 19 heavy (non-hydrogen) atoms. The van der Waals surface area contributed by atoms with Gasteiger partial charge in [0.2, 0.25) is 0 Å². The van der Waals surface area contributed by atoms with Crippen LogP contribution in [0.2, 0.25) is 0 Å². The Morgan fingerprint density at radius 2 is 1.89 bits per heavy atom. The number of rotatable bonds is 7. The zero-order valence-electron chi connectivity index (χ0n) is 12.1. The molecule has 0 radical (unpaired) electrons. The van der Waals surface area contributed by atoms with Crippen molar-refractivity contribution in [1.29, 1.82) is 0 Å². The highest BCUT2D eigenvalue weighted by Crippen LogP contribution is 2.33. The highest BCUT2D eigenvalue weighted by atomic mass is 16.3. The predicted octanol–water partition coefficient (Wildman–Crippen LogP) is 3.74. The summed E-state index contributed by atoms with van der Waals surface area (Å²) in [6.45, 7) is 4.48. The van der Waals surface area contributed by atoms with Crippen LogP contribution in [0.25, 0.3) is 0 Å². The molecule has 0 aromatic heterocycles. The molecule has 0 amide bonds. The van der Waals surface area contributed by atoms with Crippen LogP contribution in [-0.2, 0) is 6.42 Å². The van der Waals surface area contributed by atoms with E-state index in [1.54, 1.807) is 12.1 Å². The van der Waals surface area contributed by atoms with E-state index in [-0.39, 0.29) is 0 Å². The van der Waals surface area contributed by atoms with Gasteiger partial charge < -0.3 is 10.4 Å². The summed E-state index contributed by atoms with van der Waals surface area (Å²) in [7, 11) is 0. The van der Waals surface area contributed by atoms with Crippen LogP contribution in [0.15, 0.2) is 24.3 Å². The number of aromatic hydroxyl groups is 1. The maximum absolute atomic E-state index is 9.36. The van der Waals surface area contributed by atoms with Crippen molar-refractivity contribution in [3.05, 3.63) is 29.8 Å². The number of nitrogens with one attached hydrogen (secondary N) is 1. The molecule has 1 atom stereocenters. The largest absolute Gasteiger partial charge is 0.508 e. The highest BCUT2D eigenvalue weighted by Gasteiger charge is 2.24. The molecule has 1 unspecified atom stereocenters. The number of phenols is 1. The van der Waals surface area contributed by atoms with Gasteiger partial charge in [0.1, 0.15) is 5.75 Å². The number of hydrogen-bond acceptors (Lipinski definition) is 2. The van der Waals surface area contributed by atoms with Crippen molar-refractivity contribution in [1.82, 2.24) is 5.32 Å². The van der Waals surface area contributed by atoms with Gasteiger partial charge in [-0.1, -0.05) is 44.7 Å². The summed E-state index contributed by atoms with van der Waals surface area (Å²) in [5.41, 5.74) is 1.35. The molecule has 2 nitrogen and oxygen atoms in total. The Kier molecular flexibility index (Phi) is 5.71. The molecule has 1 aliphatic carbocycles. The molecule has 2 N–H and O–H groups in total. The van der Waals surface area contributed by atoms with E-state index in [9.17, 15) is 5.11 Å². The molecule has 1 saturated carbocycles. The fourth-order valence-corrected chi connectivity index (χ4v) is 3.23. The number of benzene rings is 1. The van der Waals surface area contributed by atoms with E-state index in [4.69, 9.17) is 0 Å². The lowest BCUT2D eigenvalue weighted by Crippen LogP contribution is -2.29. The summed E-state index contributed by atoms with van der Waals surface area (Å²) < 4.78 is 0. The van der Waals surface area contributed by atoms with Gasteiger partial charge in [0.05, 0.1) is 0 Å². The SMILES string of the molecule is CCCNCC(Cc1ccc(O)cc1)C1CCCC1. The second-order valence-corrected chi connectivity index (χ2v) is 5.88. The van der Waals surface area contributed by atoms with Crippen molar-refractivity contribution in [2.45, 2.75) is 45.4 Å². The zero-order valence-corrected chi connectivity index (χ0v) is 12.1. The van der Waals surface area contributed by atoms with Gasteiger partial charge in [-0.25, -0.2) is 0 Å². The van der Waals surface area contributed by atoms with E-state index in [0.717, 1.165) is 31.3 Å². The van der Waals surface area contributed by atoms with Crippen molar-refractivity contribution in [3.8, 4) is 5.75 Å². The third-order valence-corrected chi connectivity index (χ3v) is 4.33. The Hall–Kier alpha value is -1.02. The first-order valence-corrected chi connectivity index (χ1v) is 7.78. The summed E-state index contributed by atoms with van der Waals surface area (Å²) in [5, 5.41) is 13.0. The average Bonchev–Trinajstić information content (AvgIpc) is 2.94. The molecule has 1 aromatic carbocycles. The molecule has 0 saturated heterocycles. The van der Waals surface area contributed by atoms with E-state index in [0.29, 0.717) is 5.75 Å². The van der Waals surface area contributed by atoms with Crippen LogP contribution in [0, 0.1) is 11.8 Å². The Bertz CT molecular complexity index is 354. The normalized spacial score (nSPS) is 17.7. The Morgan fingerprint density at radius 3 is 2.53 bits per heavy atom. The molecule has 2 rings (SSSR count). The first-order valence-electron chi connectivity index (χ1n) is 7.78. The molecular formula is C17H27NO. The molecule has 0 spiro atoms. The summed E-state index contributed by atoms with van der Waals surface area (Å²) in [5.74, 6) is 2.00. The van der Waals surface area contributed by atoms with Gasteiger partial charge >= 0.3 is 0 Å². The van der Waals surface area contributed by atoms with Crippen LogP contribution in [0.4, 0.5) is 0 Å². The van der Waals surface area contributed by atoms with E-state index < -0.39 is 0 Å². The third-order valence-electron chi connectivity index (χ3n) is 4.33. The quantitative estimate of drug-likeness (QED) is 0.733. The van der Waals surface area contributed by atoms with E-state index in [2.05, 4.69) is 24.4 Å². The van der Waals surface area contributed by atoms with E-state index >= 15 is 0 Å². The molecule has 0 aliphatic heterocycles. The Balaban J connectivity index is 1.93. The molecule has 1 fully saturated rings. The monoisotopic (exact) mass is 261 g/mol. The molecule has 0 heterocycles. The van der Waals surface area contributed by atoms with E-state index in [1.807, 2.05) is 0 Å². The molecule has 1 aliphatic rings. The first kappa shape index (κ1) is 14.4. The lowest BCUT2D eigenvalue weighted by atomic mass is 9.85. The van der Waals surface area contributed by atoms with Gasteiger partial charge in [-0.05, 0) is 55.5 Å². The summed E-state index contributed by atoms with van der Waals surface area (Å²) in [6.07, 6.45) is 7.96. The van der Waals surface area contributed by atoms with Crippen LogP contribution in [0.5, 0.6) is 5.75 Å². The van der Waals surface area contributed by atoms with Gasteiger partial charge in [-0.3, -0.25) is 0 Å². The van der Waals surface area contributed by atoms with Crippen molar-refractivity contribution >= 4 is 0 Å². The second-order valence-electron chi connectivity index (χ2n) is 5.88. The second kappa shape index (κ2) is 7.54. The molecule has 2 heteroatoms. The molecule has 0 bridgehead atoms. The topological polar surface area (TPSA) is 32.3 Å². The Labute approximate surface area is 117 Å². The van der Waals surface area contributed by atoms with Crippen molar-refractivity contribution in [3.63, 3.8) is 0 Å². The number of hydrogen-bond donors (Lipinski definition) is 2. The first-order chi connectivity index (χ1) is 9.29. The number of phenolic OH excluding ortho intramolecular Hbond substituents is 1. The van der Waals surface area contributed by atoms with Gasteiger partial charge in [-0.15, -0.1) is 0 Å². The van der Waals surface area contributed by atoms with Gasteiger partial charge in [0.25, 0.3) is 0 Å². The predicted molar refractivity (Wildman–Crippen MR) is 80.4 cm³/mol. The minimum absolute atomic E-state index is 0.366. The van der Waals surface area contributed by atoms with Crippen LogP contribution < -0.4 is 5.32 Å². The smallest absolute Gasteiger partial charge is 0.115 e. The van der Waals surface area contributed by atoms with E-state index in [1.165, 1.54) is 37.7 Å². The molecule has 106 valence electrons. The maximum Gasteiger partial charge on any atom is 0.115 e. The van der Waals surface area contributed by atoms with Crippen LogP contribution >= 0.6 is 0 Å². The average molecular weight is 261 g/mol. The standard InChI is InChI=1S/C17H27NO/c1-2-11-18-13-16(15-5-3-4-6-15)12-14-7-9-17(19)10-8-14/h7-10,15-16,18-19H,2-6,11-13H2,1H3. The fraction of sp³-hybridized carbons (Fsp3) is 0.647. The third kappa shape index (κ3) is 4.54. The van der Waals surface area contributed by atoms with Crippen molar-refractivity contribution < 1.29 is 5.11 Å². The fourth-order valence-electron chi connectivity index (χ4n) is 3.23. The van der Waals surface area contributed by atoms with Crippen LogP contribution in [-0.4, -0.2) is 18.2 Å². The van der Waals surface area contributed by atoms with Crippen LogP contribution in [0.3, 0.4) is 0 Å². The van der Waals surface area contributed by atoms with Gasteiger partial charge in [0, 0.05) is 0 Å². The highest BCUT2D eigenvalue weighted by molar-refractivity contribution is 5.26. The maximum atomic E-state index is 9.36. The summed E-state index contributed by atoms with van der Waals surface area (Å²) in [6, 6.07) is 7.75. The lowest BCUT2D eigenvalue weighted by molar-refractivity contribution is 0.321. The molecule has 1 aromatic rings. The lowest BCUT2D eigenvalue weighted by Gasteiger charge is -2.24. The Morgan fingerprint density at radius 1 is 1.21 bits per heavy atom. The minimum atomic E-state index is 0.366. The van der Waals surface area contributed by atoms with Crippen molar-refractivity contribution in [2.24, 2.45) is 11.8 Å². The van der Waals surface area contributed by atoms with Crippen LogP contribution in [0.1, 0.15) is 44.6 Å². The van der Waals surface area contributed by atoms with Gasteiger partial charge in [0.15, 0.2) is 0 Å². The summed E-state index contributed by atoms with van der Waals surface area (Å²) in [4.78, 5) is 0. The van der Waals surface area contributed by atoms with Gasteiger partial charge in [-0.2, -0.15) is 0 Å². The van der Waals surface area contributed by atoms with Crippen molar-refractivity contribution in [2.75, 3.05) is 13.1 Å². The summed E-state index contributed by atoms with van der Waals surface area (Å²) >= 11 is 0.